The van der Waals surface area contributed by atoms with Crippen LogP contribution in [-0.2, 0) is 4.79 Å². The largest absolute Gasteiger partial charge is 0.432 e. The zero-order valence-corrected chi connectivity index (χ0v) is 16.3. The number of imide groups is 1. The summed E-state index contributed by atoms with van der Waals surface area (Å²) in [6, 6.07) is 6.98. The van der Waals surface area contributed by atoms with E-state index in [0.29, 0.717) is 43.6 Å². The number of benzene rings is 1. The second-order valence-electron chi connectivity index (χ2n) is 7.96. The number of likely N-dealkylation sites (N-methyl/N-ethyl adjacent to an activating group) is 1. The molecule has 0 saturated carbocycles. The van der Waals surface area contributed by atoms with E-state index < -0.39 is 5.54 Å². The van der Waals surface area contributed by atoms with Gasteiger partial charge in [-0.25, -0.2) is 9.78 Å². The van der Waals surface area contributed by atoms with E-state index in [9.17, 15) is 14.4 Å². The van der Waals surface area contributed by atoms with Gasteiger partial charge in [0.1, 0.15) is 11.1 Å². The summed E-state index contributed by atoms with van der Waals surface area (Å²) >= 11 is 0. The molecule has 2 saturated heterocycles. The monoisotopic (exact) mass is 384 g/mol. The Kier molecular flexibility index (Phi) is 4.36. The highest BCUT2D eigenvalue weighted by atomic mass is 16.4. The summed E-state index contributed by atoms with van der Waals surface area (Å²) in [6.45, 7) is 5.32. The van der Waals surface area contributed by atoms with E-state index >= 15 is 0 Å². The number of rotatable bonds is 3. The van der Waals surface area contributed by atoms with Crippen molar-refractivity contribution < 1.29 is 18.8 Å². The molecule has 0 atom stereocenters. The van der Waals surface area contributed by atoms with Gasteiger partial charge in [-0.15, -0.1) is 0 Å². The van der Waals surface area contributed by atoms with Crippen LogP contribution in [0.5, 0.6) is 0 Å². The number of nitrogens with zero attached hydrogens (tertiary/aromatic N) is 4. The number of urea groups is 1. The molecule has 2 aliphatic rings. The first kappa shape index (κ1) is 18.5. The summed E-state index contributed by atoms with van der Waals surface area (Å²) in [5.41, 5.74) is 0.357. The summed E-state index contributed by atoms with van der Waals surface area (Å²) in [6.07, 6.45) is 0.835. The molecule has 3 heterocycles. The number of piperidine rings is 1. The van der Waals surface area contributed by atoms with Gasteiger partial charge in [0.15, 0.2) is 5.58 Å². The topological polar surface area (TPSA) is 87.0 Å². The van der Waals surface area contributed by atoms with Crippen LogP contribution in [0.4, 0.5) is 4.79 Å². The highest BCUT2D eigenvalue weighted by Gasteiger charge is 2.57. The van der Waals surface area contributed by atoms with Gasteiger partial charge >= 0.3 is 11.9 Å². The zero-order chi connectivity index (χ0) is 20.1. The van der Waals surface area contributed by atoms with E-state index in [1.807, 2.05) is 26.0 Å². The number of likely N-dealkylation sites (tertiary alicyclic amines) is 1. The molecule has 0 radical (unpaired) electrons. The Morgan fingerprint density at radius 1 is 1.21 bits per heavy atom. The number of aromatic nitrogens is 1. The molecule has 1 spiro atoms. The maximum Gasteiger partial charge on any atom is 0.327 e. The molecule has 28 heavy (non-hydrogen) atoms. The molecule has 2 fully saturated rings. The van der Waals surface area contributed by atoms with Crippen molar-refractivity contribution in [3.05, 3.63) is 30.2 Å². The van der Waals surface area contributed by atoms with Gasteiger partial charge in [-0.05, 0) is 30.9 Å². The Morgan fingerprint density at radius 2 is 1.89 bits per heavy atom. The maximum atomic E-state index is 12.9. The lowest BCUT2D eigenvalue weighted by Crippen LogP contribution is -2.58. The predicted molar refractivity (Wildman–Crippen MR) is 102 cm³/mol. The second kappa shape index (κ2) is 6.61. The number of oxazole rings is 1. The normalized spacial score (nSPS) is 19.5. The quantitative estimate of drug-likeness (QED) is 0.758. The molecule has 4 amide bonds. The summed E-state index contributed by atoms with van der Waals surface area (Å²) in [4.78, 5) is 47.1. The van der Waals surface area contributed by atoms with Gasteiger partial charge in [-0.3, -0.25) is 14.5 Å². The number of carbonyl (C=O) groups is 3. The summed E-state index contributed by atoms with van der Waals surface area (Å²) < 4.78 is 5.59. The van der Waals surface area contributed by atoms with Crippen molar-refractivity contribution in [2.45, 2.75) is 32.2 Å². The molecule has 8 nitrogen and oxygen atoms in total. The molecule has 1 aromatic heterocycles. The maximum absolute atomic E-state index is 12.9. The fourth-order valence-corrected chi connectivity index (χ4v) is 4.16. The molecule has 148 valence electrons. The Morgan fingerprint density at radius 3 is 2.54 bits per heavy atom. The lowest BCUT2D eigenvalue weighted by Gasteiger charge is -2.42. The Bertz CT molecular complexity index is 910. The average molecular weight is 384 g/mol. The summed E-state index contributed by atoms with van der Waals surface area (Å²) in [5, 5.41) is 0. The van der Waals surface area contributed by atoms with Gasteiger partial charge in [0.05, 0.1) is 0 Å². The summed E-state index contributed by atoms with van der Waals surface area (Å²) in [5.74, 6) is -0.152. The van der Waals surface area contributed by atoms with Crippen molar-refractivity contribution in [3.63, 3.8) is 0 Å². The van der Waals surface area contributed by atoms with E-state index in [1.54, 1.807) is 21.9 Å². The van der Waals surface area contributed by atoms with Crippen molar-refractivity contribution in [2.75, 3.05) is 26.7 Å². The van der Waals surface area contributed by atoms with Gasteiger partial charge in [0.25, 0.3) is 11.8 Å². The van der Waals surface area contributed by atoms with Gasteiger partial charge in [-0.1, -0.05) is 26.0 Å². The fourth-order valence-electron chi connectivity index (χ4n) is 4.16. The average Bonchev–Trinajstić information content (AvgIpc) is 3.19. The highest BCUT2D eigenvalue weighted by molar-refractivity contribution is 6.07. The van der Waals surface area contributed by atoms with Gasteiger partial charge < -0.3 is 14.2 Å². The molecular weight excluding hydrogens is 360 g/mol. The number of hydrogen-bond donors (Lipinski definition) is 0. The number of amides is 4. The van der Waals surface area contributed by atoms with Crippen LogP contribution in [0, 0.1) is 5.92 Å². The zero-order valence-electron chi connectivity index (χ0n) is 16.3. The minimum atomic E-state index is -0.853. The van der Waals surface area contributed by atoms with Crippen LogP contribution in [0.1, 0.15) is 37.4 Å². The second-order valence-corrected chi connectivity index (χ2v) is 7.96. The van der Waals surface area contributed by atoms with Crippen molar-refractivity contribution >= 4 is 28.9 Å². The van der Waals surface area contributed by atoms with Crippen LogP contribution in [-0.4, -0.2) is 69.8 Å². The Hall–Kier alpha value is -2.90. The molecule has 0 unspecified atom stereocenters. The molecule has 2 aliphatic heterocycles. The van der Waals surface area contributed by atoms with Crippen LogP contribution in [0.3, 0.4) is 0 Å². The first-order chi connectivity index (χ1) is 13.3. The smallest absolute Gasteiger partial charge is 0.327 e. The van der Waals surface area contributed by atoms with E-state index in [2.05, 4.69) is 4.98 Å². The molecule has 8 heteroatoms. The molecule has 4 rings (SSSR count). The van der Waals surface area contributed by atoms with E-state index in [0.717, 1.165) is 0 Å². The molecular formula is C20H24N4O4. The van der Waals surface area contributed by atoms with E-state index in [1.165, 1.54) is 11.9 Å². The molecule has 1 aromatic carbocycles. The number of hydrogen-bond acceptors (Lipinski definition) is 5. The predicted octanol–water partition coefficient (Wildman–Crippen LogP) is 2.35. The minimum Gasteiger partial charge on any atom is -0.432 e. The van der Waals surface area contributed by atoms with Crippen LogP contribution >= 0.6 is 0 Å². The van der Waals surface area contributed by atoms with Crippen LogP contribution in [0.25, 0.3) is 11.1 Å². The number of carbonyl (C=O) groups excluding carboxylic acids is 3. The van der Waals surface area contributed by atoms with Crippen LogP contribution in [0.15, 0.2) is 28.7 Å². The minimum absolute atomic E-state index is 0.0575. The number of para-hydroxylation sites is 2. The van der Waals surface area contributed by atoms with Crippen LogP contribution < -0.4 is 0 Å². The van der Waals surface area contributed by atoms with Crippen molar-refractivity contribution in [1.82, 2.24) is 19.7 Å². The van der Waals surface area contributed by atoms with Crippen LogP contribution in [0.2, 0.25) is 0 Å². The Labute approximate surface area is 163 Å². The third-order valence-corrected chi connectivity index (χ3v) is 5.64. The molecule has 0 bridgehead atoms. The van der Waals surface area contributed by atoms with Crippen molar-refractivity contribution in [1.29, 1.82) is 0 Å². The van der Waals surface area contributed by atoms with E-state index in [-0.39, 0.29) is 29.7 Å². The third kappa shape index (κ3) is 2.75. The third-order valence-electron chi connectivity index (χ3n) is 5.64. The highest BCUT2D eigenvalue weighted by Crippen LogP contribution is 2.37. The van der Waals surface area contributed by atoms with E-state index in [4.69, 9.17) is 4.42 Å². The van der Waals surface area contributed by atoms with Gasteiger partial charge in [0.2, 0.25) is 0 Å². The standard InChI is InChI=1S/C20H24N4O4/c1-13(2)12-24-19(27)22(3)18(26)20(24)8-10-23(11-9-20)17(25)16-21-14-6-4-5-7-15(14)28-16/h4-7,13H,8-12H2,1-3H3. The first-order valence-electron chi connectivity index (χ1n) is 9.58. The molecule has 2 aromatic rings. The number of fused-ring (bicyclic) bond motifs is 1. The SMILES string of the molecule is CC(C)CN1C(=O)N(C)C(=O)C12CCN(C(=O)c1nc3ccccc3o1)CC2. The van der Waals surface area contributed by atoms with Crippen molar-refractivity contribution in [3.8, 4) is 0 Å². The van der Waals surface area contributed by atoms with Gasteiger partial charge in [-0.2, -0.15) is 0 Å². The van der Waals surface area contributed by atoms with Gasteiger partial charge in [0, 0.05) is 26.7 Å². The molecule has 0 aliphatic carbocycles. The summed E-state index contributed by atoms with van der Waals surface area (Å²) in [7, 11) is 1.53. The first-order valence-corrected chi connectivity index (χ1v) is 9.58. The molecule has 0 N–H and O–H groups in total. The lowest BCUT2D eigenvalue weighted by atomic mass is 9.85. The Balaban J connectivity index is 1.53. The fraction of sp³-hybridized carbons (Fsp3) is 0.500. The van der Waals surface area contributed by atoms with Crippen molar-refractivity contribution in [2.24, 2.45) is 5.92 Å². The lowest BCUT2D eigenvalue weighted by molar-refractivity contribution is -0.134.